The summed E-state index contributed by atoms with van der Waals surface area (Å²) in [5.74, 6) is 0.815. The van der Waals surface area contributed by atoms with Crippen LogP contribution in [0.2, 0.25) is 0 Å². The van der Waals surface area contributed by atoms with Gasteiger partial charge in [0.1, 0.15) is 11.5 Å². The molecule has 0 saturated carbocycles. The van der Waals surface area contributed by atoms with Crippen molar-refractivity contribution < 1.29 is 19.1 Å². The Morgan fingerprint density at radius 1 is 0.750 bits per heavy atom. The Balaban J connectivity index is 1.87. The number of aryl methyl sites for hydroxylation is 3. The lowest BCUT2D eigenvalue weighted by Gasteiger charge is -2.27. The maximum Gasteiger partial charge on any atom is 0.343 e. The molecule has 0 aromatic heterocycles. The van der Waals surface area contributed by atoms with E-state index >= 15 is 0 Å². The van der Waals surface area contributed by atoms with Gasteiger partial charge < -0.3 is 9.47 Å². The molecule has 0 atom stereocenters. The molecule has 0 amide bonds. The van der Waals surface area contributed by atoms with Crippen LogP contribution in [0, 0.1) is 20.8 Å². The Bertz CT molecular complexity index is 1190. The highest BCUT2D eigenvalue weighted by molar-refractivity contribution is 5.98. The van der Waals surface area contributed by atoms with Gasteiger partial charge in [0.15, 0.2) is 5.78 Å². The van der Waals surface area contributed by atoms with Crippen LogP contribution in [0.15, 0.2) is 54.6 Å². The molecule has 3 aromatic carbocycles. The maximum absolute atomic E-state index is 12.7. The molecular weight excluding hydrogens is 400 g/mol. The molecule has 0 unspecified atom stereocenters. The molecule has 4 nitrogen and oxygen atoms in total. The van der Waals surface area contributed by atoms with E-state index in [1.165, 1.54) is 12.5 Å². The van der Waals surface area contributed by atoms with Gasteiger partial charge in [-0.3, -0.25) is 4.79 Å². The summed E-state index contributed by atoms with van der Waals surface area (Å²) in [6, 6.07) is 17.2. The Hall–Kier alpha value is -3.40. The zero-order chi connectivity index (χ0) is 23.6. The van der Waals surface area contributed by atoms with E-state index in [1.807, 2.05) is 39.0 Å². The van der Waals surface area contributed by atoms with Crippen LogP contribution in [0.25, 0.3) is 0 Å². The van der Waals surface area contributed by atoms with E-state index < -0.39 is 5.97 Å². The van der Waals surface area contributed by atoms with Gasteiger partial charge in [0.05, 0.1) is 12.7 Å². The highest BCUT2D eigenvalue weighted by atomic mass is 16.5. The lowest BCUT2D eigenvalue weighted by molar-refractivity contribution is 0.0733. The predicted molar refractivity (Wildman–Crippen MR) is 127 cm³/mol. The van der Waals surface area contributed by atoms with Crippen LogP contribution in [0.5, 0.6) is 11.5 Å². The lowest BCUT2D eigenvalue weighted by Crippen LogP contribution is -2.19. The number of Topliss-reactive ketones (excluding diaryl/α,β-unsaturated/α-hetero) is 1. The third kappa shape index (κ3) is 4.75. The van der Waals surface area contributed by atoms with Crippen molar-refractivity contribution in [2.75, 3.05) is 7.11 Å². The second-order valence-corrected chi connectivity index (χ2v) is 8.82. The van der Waals surface area contributed by atoms with Gasteiger partial charge in [-0.15, -0.1) is 0 Å². The molecular formula is C28H30O4. The summed E-state index contributed by atoms with van der Waals surface area (Å²) >= 11 is 0. The fraction of sp³-hybridized carbons (Fsp3) is 0.286. The summed E-state index contributed by atoms with van der Waals surface area (Å²) in [4.78, 5) is 24.5. The topological polar surface area (TPSA) is 52.6 Å². The minimum atomic E-state index is -0.475. The summed E-state index contributed by atoms with van der Waals surface area (Å²) in [6.45, 7) is 11.6. The zero-order valence-corrected chi connectivity index (χ0v) is 19.8. The molecule has 0 N–H and O–H groups in total. The smallest absolute Gasteiger partial charge is 0.343 e. The molecule has 0 bridgehead atoms. The molecule has 0 aliphatic carbocycles. The van der Waals surface area contributed by atoms with Crippen molar-refractivity contribution in [2.24, 2.45) is 0 Å². The van der Waals surface area contributed by atoms with Crippen LogP contribution in [0.1, 0.15) is 69.3 Å². The third-order valence-electron chi connectivity index (χ3n) is 5.94. The molecule has 166 valence electrons. The van der Waals surface area contributed by atoms with Gasteiger partial charge in [-0.2, -0.15) is 0 Å². The Morgan fingerprint density at radius 3 is 1.78 bits per heavy atom. The van der Waals surface area contributed by atoms with Crippen molar-refractivity contribution in [1.29, 1.82) is 0 Å². The normalized spacial score (nSPS) is 11.2. The van der Waals surface area contributed by atoms with E-state index in [4.69, 9.17) is 9.47 Å². The highest BCUT2D eigenvalue weighted by Gasteiger charge is 2.25. The summed E-state index contributed by atoms with van der Waals surface area (Å²) in [5.41, 5.74) is 5.72. The largest absolute Gasteiger partial charge is 0.496 e. The van der Waals surface area contributed by atoms with Crippen molar-refractivity contribution >= 4 is 11.8 Å². The van der Waals surface area contributed by atoms with Crippen LogP contribution in [0.3, 0.4) is 0 Å². The van der Waals surface area contributed by atoms with Crippen LogP contribution in [-0.4, -0.2) is 18.9 Å². The quantitative estimate of drug-likeness (QED) is 0.259. The SMILES string of the molecule is COc1ccc(C(C)(C)c2ccc(OC(=O)c3cc(C)cc(C(C)=O)c3)c(C)c2)cc1C. The molecule has 3 rings (SSSR count). The van der Waals surface area contributed by atoms with Crippen molar-refractivity contribution in [3.05, 3.63) is 93.5 Å². The molecule has 0 aliphatic rings. The molecule has 0 aliphatic heterocycles. The first-order valence-corrected chi connectivity index (χ1v) is 10.6. The first kappa shape index (κ1) is 23.3. The van der Waals surface area contributed by atoms with Crippen molar-refractivity contribution in [1.82, 2.24) is 0 Å². The number of esters is 1. The number of rotatable bonds is 6. The average molecular weight is 431 g/mol. The first-order chi connectivity index (χ1) is 15.0. The summed E-state index contributed by atoms with van der Waals surface area (Å²) in [7, 11) is 1.67. The Kier molecular flexibility index (Phi) is 6.54. The fourth-order valence-electron chi connectivity index (χ4n) is 3.85. The monoisotopic (exact) mass is 430 g/mol. The molecule has 32 heavy (non-hydrogen) atoms. The van der Waals surface area contributed by atoms with E-state index in [2.05, 4.69) is 32.0 Å². The Morgan fingerprint density at radius 2 is 1.28 bits per heavy atom. The minimum Gasteiger partial charge on any atom is -0.496 e. The van der Waals surface area contributed by atoms with Crippen LogP contribution >= 0.6 is 0 Å². The second kappa shape index (κ2) is 8.99. The molecule has 0 spiro atoms. The van der Waals surface area contributed by atoms with Gasteiger partial charge in [0.25, 0.3) is 0 Å². The van der Waals surface area contributed by atoms with E-state index in [-0.39, 0.29) is 11.2 Å². The van der Waals surface area contributed by atoms with Gasteiger partial charge in [-0.05, 0) is 85.8 Å². The molecule has 0 saturated heterocycles. The van der Waals surface area contributed by atoms with Crippen LogP contribution < -0.4 is 9.47 Å². The fourth-order valence-corrected chi connectivity index (χ4v) is 3.85. The number of hydrogen-bond acceptors (Lipinski definition) is 4. The van der Waals surface area contributed by atoms with Gasteiger partial charge in [-0.1, -0.05) is 38.1 Å². The number of benzene rings is 3. The van der Waals surface area contributed by atoms with E-state index in [1.54, 1.807) is 25.3 Å². The van der Waals surface area contributed by atoms with E-state index in [9.17, 15) is 9.59 Å². The van der Waals surface area contributed by atoms with Crippen LogP contribution in [-0.2, 0) is 5.41 Å². The van der Waals surface area contributed by atoms with Gasteiger partial charge in [-0.25, -0.2) is 4.79 Å². The first-order valence-electron chi connectivity index (χ1n) is 10.6. The van der Waals surface area contributed by atoms with Gasteiger partial charge >= 0.3 is 5.97 Å². The molecule has 3 aromatic rings. The number of methoxy groups -OCH3 is 1. The summed E-state index contributed by atoms with van der Waals surface area (Å²) < 4.78 is 11.1. The van der Waals surface area contributed by atoms with Crippen molar-refractivity contribution in [3.63, 3.8) is 0 Å². The number of ketones is 1. The highest BCUT2D eigenvalue weighted by Crippen LogP contribution is 2.36. The standard InChI is InChI=1S/C28H30O4/c1-17-12-21(20(4)29)16-22(13-17)27(30)32-26-11-9-24(15-19(26)3)28(5,6)23-8-10-25(31-7)18(2)14-23/h8-16H,1-7H3. The minimum absolute atomic E-state index is 0.0840. The molecule has 4 heteroatoms. The van der Waals surface area contributed by atoms with Gasteiger partial charge in [0, 0.05) is 11.0 Å². The second-order valence-electron chi connectivity index (χ2n) is 8.82. The average Bonchev–Trinajstić information content (AvgIpc) is 2.74. The number of ether oxygens (including phenoxy) is 2. The molecule has 0 radical (unpaired) electrons. The Labute approximate surface area is 190 Å². The zero-order valence-electron chi connectivity index (χ0n) is 19.8. The third-order valence-corrected chi connectivity index (χ3v) is 5.94. The van der Waals surface area contributed by atoms with E-state index in [0.717, 1.165) is 28.0 Å². The van der Waals surface area contributed by atoms with Crippen molar-refractivity contribution in [3.8, 4) is 11.5 Å². The van der Waals surface area contributed by atoms with Crippen molar-refractivity contribution in [2.45, 2.75) is 47.0 Å². The van der Waals surface area contributed by atoms with Gasteiger partial charge in [0.2, 0.25) is 0 Å². The predicted octanol–water partition coefficient (Wildman–Crippen LogP) is 6.37. The molecule has 0 fully saturated rings. The number of carbonyl (C=O) groups is 2. The van der Waals surface area contributed by atoms with Crippen LogP contribution in [0.4, 0.5) is 0 Å². The van der Waals surface area contributed by atoms with E-state index in [0.29, 0.717) is 16.9 Å². The lowest BCUT2D eigenvalue weighted by atomic mass is 9.77. The maximum atomic E-state index is 12.7. The summed E-state index contributed by atoms with van der Waals surface area (Å²) in [6.07, 6.45) is 0. The number of carbonyl (C=O) groups excluding carboxylic acids is 2. The summed E-state index contributed by atoms with van der Waals surface area (Å²) in [5, 5.41) is 0. The molecule has 0 heterocycles. The number of hydrogen-bond donors (Lipinski definition) is 0.